The van der Waals surface area contributed by atoms with Crippen molar-refractivity contribution in [1.82, 2.24) is 19.5 Å². The van der Waals surface area contributed by atoms with Gasteiger partial charge in [-0.25, -0.2) is 4.98 Å². The van der Waals surface area contributed by atoms with Crippen LogP contribution in [-0.4, -0.2) is 19.5 Å². The summed E-state index contributed by atoms with van der Waals surface area (Å²) in [6.45, 7) is 0. The van der Waals surface area contributed by atoms with Crippen molar-refractivity contribution in [2.75, 3.05) is 0 Å². The molecule has 3 aromatic heterocycles. The van der Waals surface area contributed by atoms with Crippen LogP contribution in [0, 0.1) is 0 Å². The maximum absolute atomic E-state index is 5.14. The number of rotatable bonds is 6. The van der Waals surface area contributed by atoms with E-state index in [-0.39, 0.29) is 0 Å². The molecule has 0 unspecified atom stereocenters. The van der Waals surface area contributed by atoms with Gasteiger partial charge in [0, 0.05) is 42.1 Å². The van der Waals surface area contributed by atoms with Gasteiger partial charge < -0.3 is 0 Å². The molecule has 11 aromatic rings. The predicted molar refractivity (Wildman–Crippen MR) is 234 cm³/mol. The monoisotopic (exact) mass is 732 g/mol. The summed E-state index contributed by atoms with van der Waals surface area (Å²) in [7, 11) is 0. The molecule has 0 bridgehead atoms. The van der Waals surface area contributed by atoms with Crippen molar-refractivity contribution in [1.29, 1.82) is 0 Å². The number of nitrogens with zero attached hydrogens (tertiary/aromatic N) is 4. The van der Waals surface area contributed by atoms with Gasteiger partial charge in [0.15, 0.2) is 11.6 Å². The average molecular weight is 733 g/mol. The average Bonchev–Trinajstić information content (AvgIpc) is 3.83. The van der Waals surface area contributed by atoms with E-state index in [2.05, 4.69) is 168 Å². The quantitative estimate of drug-likeness (QED) is 0.171. The summed E-state index contributed by atoms with van der Waals surface area (Å²) in [4.78, 5) is 15.2. The molecule has 262 valence electrons. The van der Waals surface area contributed by atoms with Crippen LogP contribution in [0.15, 0.2) is 194 Å². The van der Waals surface area contributed by atoms with Crippen LogP contribution in [0.1, 0.15) is 0 Å². The Bertz CT molecular complexity index is 3180. The van der Waals surface area contributed by atoms with E-state index >= 15 is 0 Å². The van der Waals surface area contributed by atoms with Crippen LogP contribution in [0.3, 0.4) is 0 Å². The van der Waals surface area contributed by atoms with E-state index in [0.29, 0.717) is 17.6 Å². The molecule has 0 saturated carbocycles. The van der Waals surface area contributed by atoms with Gasteiger partial charge in [-0.1, -0.05) is 164 Å². The first-order valence-corrected chi connectivity index (χ1v) is 19.6. The molecule has 56 heavy (non-hydrogen) atoms. The smallest absolute Gasteiger partial charge is 0.238 e. The Balaban J connectivity index is 0.980. The maximum Gasteiger partial charge on any atom is 0.238 e. The van der Waals surface area contributed by atoms with E-state index < -0.39 is 0 Å². The van der Waals surface area contributed by atoms with E-state index in [1.165, 1.54) is 53.2 Å². The highest BCUT2D eigenvalue weighted by molar-refractivity contribution is 7.26. The Morgan fingerprint density at radius 3 is 1.55 bits per heavy atom. The molecule has 5 heteroatoms. The molecule has 0 amide bonds. The molecular weight excluding hydrogens is 701 g/mol. The molecule has 8 aromatic carbocycles. The number of thiophene rings is 1. The number of aromatic nitrogens is 4. The SMILES string of the molecule is c1ccc(-c2ccc3sc4c(-c5cccc(-c6ccc(-c7nc(-c8ccccc8)nc(-n8c9ccccc9c9ccccc98)n7)cc6)c5)cccc4c3c2)cc1. The van der Waals surface area contributed by atoms with Crippen molar-refractivity contribution in [3.05, 3.63) is 194 Å². The van der Waals surface area contributed by atoms with Gasteiger partial charge in [0.1, 0.15) is 0 Å². The van der Waals surface area contributed by atoms with Crippen LogP contribution in [0.25, 0.3) is 104 Å². The molecule has 3 heterocycles. The van der Waals surface area contributed by atoms with Gasteiger partial charge in [-0.2, -0.15) is 9.97 Å². The van der Waals surface area contributed by atoms with Gasteiger partial charge in [0.05, 0.1) is 11.0 Å². The lowest BCUT2D eigenvalue weighted by atomic mass is 9.97. The summed E-state index contributed by atoms with van der Waals surface area (Å²) < 4.78 is 4.76. The first-order valence-electron chi connectivity index (χ1n) is 18.8. The lowest BCUT2D eigenvalue weighted by Crippen LogP contribution is -2.06. The second kappa shape index (κ2) is 13.3. The van der Waals surface area contributed by atoms with Gasteiger partial charge >= 0.3 is 0 Å². The Hall–Kier alpha value is -7.21. The van der Waals surface area contributed by atoms with Gasteiger partial charge in [0.25, 0.3) is 0 Å². The van der Waals surface area contributed by atoms with Crippen molar-refractivity contribution in [2.45, 2.75) is 0 Å². The Morgan fingerprint density at radius 2 is 0.839 bits per heavy atom. The van der Waals surface area contributed by atoms with Crippen molar-refractivity contribution in [3.63, 3.8) is 0 Å². The summed E-state index contributed by atoms with van der Waals surface area (Å²) in [6.07, 6.45) is 0. The number of para-hydroxylation sites is 2. The number of hydrogen-bond acceptors (Lipinski definition) is 4. The minimum atomic E-state index is 0.592. The Labute approximate surface area is 327 Å². The first kappa shape index (κ1) is 32.2. The van der Waals surface area contributed by atoms with Crippen molar-refractivity contribution >= 4 is 53.3 Å². The van der Waals surface area contributed by atoms with Crippen molar-refractivity contribution in [2.24, 2.45) is 0 Å². The predicted octanol–water partition coefficient (Wildman–Crippen LogP) is 13.7. The second-order valence-corrected chi connectivity index (χ2v) is 15.1. The van der Waals surface area contributed by atoms with Gasteiger partial charge in [-0.15, -0.1) is 11.3 Å². The first-order chi connectivity index (χ1) is 27.7. The third-order valence-electron chi connectivity index (χ3n) is 10.7. The minimum absolute atomic E-state index is 0.592. The lowest BCUT2D eigenvalue weighted by Gasteiger charge is -2.11. The number of benzene rings is 8. The summed E-state index contributed by atoms with van der Waals surface area (Å²) in [5, 5.41) is 4.93. The Kier molecular flexibility index (Phi) is 7.64. The molecule has 0 aliphatic carbocycles. The largest absolute Gasteiger partial charge is 0.278 e. The standard InChI is InChI=1S/C51H32N4S/c1-3-13-33(14-4-1)38-29-30-47-44(32-38)43-22-12-21-40(48(43)56-47)39-18-11-17-37(31-39)34-25-27-36(28-26-34)50-52-49(35-15-5-2-6-16-35)53-51(54-50)55-45-23-9-7-19-41(45)42-20-8-10-24-46(42)55/h1-32H. The van der Waals surface area contributed by atoms with Crippen LogP contribution >= 0.6 is 11.3 Å². The highest BCUT2D eigenvalue weighted by Gasteiger charge is 2.18. The van der Waals surface area contributed by atoms with E-state index in [9.17, 15) is 0 Å². The number of fused-ring (bicyclic) bond motifs is 6. The minimum Gasteiger partial charge on any atom is -0.278 e. The fraction of sp³-hybridized carbons (Fsp3) is 0. The van der Waals surface area contributed by atoms with Crippen LogP contribution in [-0.2, 0) is 0 Å². The van der Waals surface area contributed by atoms with Crippen LogP contribution < -0.4 is 0 Å². The zero-order chi connectivity index (χ0) is 37.0. The summed E-state index contributed by atoms with van der Waals surface area (Å²) in [6, 6.07) is 68.6. The molecule has 0 aliphatic heterocycles. The normalized spacial score (nSPS) is 11.6. The van der Waals surface area contributed by atoms with E-state index in [1.54, 1.807) is 0 Å². The summed E-state index contributed by atoms with van der Waals surface area (Å²) >= 11 is 1.87. The lowest BCUT2D eigenvalue weighted by molar-refractivity contribution is 0.953. The molecule has 0 N–H and O–H groups in total. The summed E-state index contributed by atoms with van der Waals surface area (Å²) in [5.41, 5.74) is 11.2. The summed E-state index contributed by atoms with van der Waals surface area (Å²) in [5.74, 6) is 1.86. The second-order valence-electron chi connectivity index (χ2n) is 14.0. The van der Waals surface area contributed by atoms with Gasteiger partial charge in [0.2, 0.25) is 5.95 Å². The third kappa shape index (κ3) is 5.48. The molecule has 4 nitrogen and oxygen atoms in total. The van der Waals surface area contributed by atoms with E-state index in [4.69, 9.17) is 15.0 Å². The highest BCUT2D eigenvalue weighted by Crippen LogP contribution is 2.42. The highest BCUT2D eigenvalue weighted by atomic mass is 32.1. The molecule has 0 atom stereocenters. The maximum atomic E-state index is 5.14. The van der Waals surface area contributed by atoms with Crippen LogP contribution in [0.5, 0.6) is 0 Å². The molecule has 0 fully saturated rings. The van der Waals surface area contributed by atoms with E-state index in [0.717, 1.165) is 33.3 Å². The molecule has 11 rings (SSSR count). The Morgan fingerprint density at radius 1 is 0.339 bits per heavy atom. The van der Waals surface area contributed by atoms with Crippen molar-refractivity contribution in [3.8, 4) is 62.1 Å². The fourth-order valence-corrected chi connectivity index (χ4v) is 9.18. The van der Waals surface area contributed by atoms with Crippen LogP contribution in [0.2, 0.25) is 0 Å². The zero-order valence-electron chi connectivity index (χ0n) is 30.2. The topological polar surface area (TPSA) is 43.6 Å². The van der Waals surface area contributed by atoms with E-state index in [1.807, 2.05) is 41.7 Å². The molecule has 0 saturated heterocycles. The molecular formula is C51H32N4S. The molecule has 0 spiro atoms. The van der Waals surface area contributed by atoms with Gasteiger partial charge in [-0.05, 0) is 63.7 Å². The molecule has 0 aliphatic rings. The van der Waals surface area contributed by atoms with Crippen LogP contribution in [0.4, 0.5) is 0 Å². The molecule has 0 radical (unpaired) electrons. The van der Waals surface area contributed by atoms with Gasteiger partial charge in [-0.3, -0.25) is 4.57 Å². The zero-order valence-corrected chi connectivity index (χ0v) is 31.0. The third-order valence-corrected chi connectivity index (χ3v) is 11.9. The number of hydrogen-bond donors (Lipinski definition) is 0. The van der Waals surface area contributed by atoms with Crippen molar-refractivity contribution < 1.29 is 0 Å². The fourth-order valence-electron chi connectivity index (χ4n) is 7.96.